The number of hydrogen-bond acceptors (Lipinski definition) is 5. The van der Waals surface area contributed by atoms with E-state index in [1.165, 1.54) is 25.3 Å². The van der Waals surface area contributed by atoms with Gasteiger partial charge in [-0.3, -0.25) is 14.7 Å². The minimum absolute atomic E-state index is 0.0611. The SMILES string of the molecule is C[C@H]1CCCC[C@H]1Nc1ccc([N+](=O)[O-])cc1-n1cnnc1. The molecular weight excluding hydrogens is 282 g/mol. The van der Waals surface area contributed by atoms with E-state index in [1.807, 2.05) is 0 Å². The summed E-state index contributed by atoms with van der Waals surface area (Å²) < 4.78 is 1.70. The Hall–Kier alpha value is -2.44. The Kier molecular flexibility index (Phi) is 4.04. The second kappa shape index (κ2) is 6.13. The van der Waals surface area contributed by atoms with Crippen molar-refractivity contribution in [3.05, 3.63) is 41.0 Å². The van der Waals surface area contributed by atoms with Gasteiger partial charge in [-0.1, -0.05) is 19.8 Å². The smallest absolute Gasteiger partial charge is 0.271 e. The molecule has 0 amide bonds. The zero-order valence-electron chi connectivity index (χ0n) is 12.5. The van der Waals surface area contributed by atoms with Gasteiger partial charge in [0.2, 0.25) is 0 Å². The summed E-state index contributed by atoms with van der Waals surface area (Å²) in [6.45, 7) is 2.25. The van der Waals surface area contributed by atoms with Crippen LogP contribution in [0.4, 0.5) is 11.4 Å². The molecule has 1 heterocycles. The number of nitrogens with zero attached hydrogens (tertiary/aromatic N) is 4. The van der Waals surface area contributed by atoms with Crippen LogP contribution in [0, 0.1) is 16.0 Å². The number of nitrogens with one attached hydrogen (secondary N) is 1. The molecule has 116 valence electrons. The number of nitro benzene ring substituents is 1. The van der Waals surface area contributed by atoms with Gasteiger partial charge >= 0.3 is 0 Å². The minimum atomic E-state index is -0.388. The quantitative estimate of drug-likeness (QED) is 0.692. The Bertz CT molecular complexity index is 656. The first-order valence-electron chi connectivity index (χ1n) is 7.55. The van der Waals surface area contributed by atoms with Crippen LogP contribution in [-0.4, -0.2) is 25.7 Å². The highest BCUT2D eigenvalue weighted by molar-refractivity contribution is 5.65. The van der Waals surface area contributed by atoms with E-state index in [4.69, 9.17) is 0 Å². The summed E-state index contributed by atoms with van der Waals surface area (Å²) in [7, 11) is 0. The van der Waals surface area contributed by atoms with E-state index in [1.54, 1.807) is 29.4 Å². The number of anilines is 1. The van der Waals surface area contributed by atoms with Crippen molar-refractivity contribution in [1.29, 1.82) is 0 Å². The number of benzene rings is 1. The largest absolute Gasteiger partial charge is 0.380 e. The molecule has 7 nitrogen and oxygen atoms in total. The minimum Gasteiger partial charge on any atom is -0.380 e. The van der Waals surface area contributed by atoms with Crippen molar-refractivity contribution in [2.24, 2.45) is 5.92 Å². The van der Waals surface area contributed by atoms with E-state index < -0.39 is 0 Å². The Balaban J connectivity index is 1.94. The lowest BCUT2D eigenvalue weighted by Crippen LogP contribution is -2.30. The average Bonchev–Trinajstić information content (AvgIpc) is 3.04. The van der Waals surface area contributed by atoms with Crippen molar-refractivity contribution in [3.8, 4) is 5.69 Å². The maximum atomic E-state index is 11.0. The standard InChI is InChI=1S/C15H19N5O2/c1-11-4-2-3-5-13(11)18-14-7-6-12(20(21)22)8-15(14)19-9-16-17-10-19/h6-11,13,18H,2-5H2,1H3/t11-,13+/m0/s1. The molecule has 1 saturated carbocycles. The van der Waals surface area contributed by atoms with Crippen LogP contribution >= 0.6 is 0 Å². The molecule has 0 aliphatic heterocycles. The number of aromatic nitrogens is 3. The van der Waals surface area contributed by atoms with Crippen molar-refractivity contribution in [1.82, 2.24) is 14.8 Å². The summed E-state index contributed by atoms with van der Waals surface area (Å²) in [4.78, 5) is 10.6. The van der Waals surface area contributed by atoms with E-state index in [9.17, 15) is 10.1 Å². The molecule has 1 fully saturated rings. The summed E-state index contributed by atoms with van der Waals surface area (Å²) in [5, 5.41) is 22.2. The van der Waals surface area contributed by atoms with Gasteiger partial charge in [-0.2, -0.15) is 0 Å². The first-order chi connectivity index (χ1) is 10.6. The summed E-state index contributed by atoms with van der Waals surface area (Å²) >= 11 is 0. The van der Waals surface area contributed by atoms with Gasteiger partial charge in [-0.15, -0.1) is 10.2 Å². The second-order valence-corrected chi connectivity index (χ2v) is 5.84. The van der Waals surface area contributed by atoms with Gasteiger partial charge < -0.3 is 5.32 Å². The highest BCUT2D eigenvalue weighted by Crippen LogP contribution is 2.31. The Morgan fingerprint density at radius 2 is 2.00 bits per heavy atom. The van der Waals surface area contributed by atoms with Crippen LogP contribution in [0.1, 0.15) is 32.6 Å². The summed E-state index contributed by atoms with van der Waals surface area (Å²) in [5.41, 5.74) is 1.65. The normalized spacial score (nSPS) is 21.5. The lowest BCUT2D eigenvalue weighted by Gasteiger charge is -2.31. The third kappa shape index (κ3) is 2.93. The molecule has 0 spiro atoms. The average molecular weight is 301 g/mol. The predicted octanol–water partition coefficient (Wildman–Crippen LogP) is 3.17. The first kappa shape index (κ1) is 14.5. The Labute approximate surface area is 128 Å². The van der Waals surface area contributed by atoms with Gasteiger partial charge in [0, 0.05) is 18.2 Å². The molecule has 1 N–H and O–H groups in total. The van der Waals surface area contributed by atoms with Crippen LogP contribution < -0.4 is 5.32 Å². The molecule has 2 atom stereocenters. The van der Waals surface area contributed by atoms with Gasteiger partial charge in [-0.25, -0.2) is 0 Å². The molecule has 0 saturated heterocycles. The fourth-order valence-electron chi connectivity index (χ4n) is 3.02. The lowest BCUT2D eigenvalue weighted by atomic mass is 9.86. The molecule has 0 bridgehead atoms. The van der Waals surface area contributed by atoms with Crippen molar-refractivity contribution in [3.63, 3.8) is 0 Å². The number of rotatable bonds is 4. The number of nitro groups is 1. The number of hydrogen-bond donors (Lipinski definition) is 1. The molecule has 2 aromatic rings. The molecule has 7 heteroatoms. The van der Waals surface area contributed by atoms with Crippen molar-refractivity contribution in [2.75, 3.05) is 5.32 Å². The van der Waals surface area contributed by atoms with Gasteiger partial charge in [0.25, 0.3) is 5.69 Å². The van der Waals surface area contributed by atoms with Crippen LogP contribution in [0.25, 0.3) is 5.69 Å². The first-order valence-corrected chi connectivity index (χ1v) is 7.55. The van der Waals surface area contributed by atoms with Gasteiger partial charge in [0.05, 0.1) is 16.3 Å². The molecule has 3 rings (SSSR count). The van der Waals surface area contributed by atoms with Crippen LogP contribution in [0.5, 0.6) is 0 Å². The molecule has 0 unspecified atom stereocenters. The fraction of sp³-hybridized carbons (Fsp3) is 0.467. The monoisotopic (exact) mass is 301 g/mol. The molecule has 1 aliphatic rings. The molecular formula is C15H19N5O2. The van der Waals surface area contributed by atoms with E-state index in [-0.39, 0.29) is 10.6 Å². The summed E-state index contributed by atoms with van der Waals surface area (Å²) in [6.07, 6.45) is 7.93. The van der Waals surface area contributed by atoms with Crippen LogP contribution in [0.15, 0.2) is 30.9 Å². The van der Waals surface area contributed by atoms with E-state index in [0.29, 0.717) is 17.6 Å². The molecule has 0 radical (unpaired) electrons. The zero-order valence-corrected chi connectivity index (χ0v) is 12.5. The Morgan fingerprint density at radius 1 is 1.27 bits per heavy atom. The van der Waals surface area contributed by atoms with Crippen molar-refractivity contribution in [2.45, 2.75) is 38.6 Å². The van der Waals surface area contributed by atoms with Gasteiger partial charge in [-0.05, 0) is 24.8 Å². The third-order valence-corrected chi connectivity index (χ3v) is 4.34. The topological polar surface area (TPSA) is 85.9 Å². The maximum absolute atomic E-state index is 11.0. The zero-order chi connectivity index (χ0) is 15.5. The molecule has 1 aliphatic carbocycles. The van der Waals surface area contributed by atoms with E-state index in [2.05, 4.69) is 22.4 Å². The second-order valence-electron chi connectivity index (χ2n) is 5.84. The predicted molar refractivity (Wildman–Crippen MR) is 83.1 cm³/mol. The summed E-state index contributed by atoms with van der Waals surface area (Å²) in [5.74, 6) is 0.595. The highest BCUT2D eigenvalue weighted by Gasteiger charge is 2.22. The van der Waals surface area contributed by atoms with Crippen LogP contribution in [0.2, 0.25) is 0 Å². The van der Waals surface area contributed by atoms with E-state index >= 15 is 0 Å². The van der Waals surface area contributed by atoms with Crippen LogP contribution in [-0.2, 0) is 0 Å². The third-order valence-electron chi connectivity index (χ3n) is 4.34. The molecule has 1 aromatic carbocycles. The lowest BCUT2D eigenvalue weighted by molar-refractivity contribution is -0.384. The molecule has 1 aromatic heterocycles. The summed E-state index contributed by atoms with van der Waals surface area (Å²) in [6, 6.07) is 5.25. The highest BCUT2D eigenvalue weighted by atomic mass is 16.6. The Morgan fingerprint density at radius 3 is 2.68 bits per heavy atom. The fourth-order valence-corrected chi connectivity index (χ4v) is 3.02. The van der Waals surface area contributed by atoms with Crippen molar-refractivity contribution < 1.29 is 4.92 Å². The maximum Gasteiger partial charge on any atom is 0.271 e. The number of non-ortho nitro benzene ring substituents is 1. The van der Waals surface area contributed by atoms with E-state index in [0.717, 1.165) is 12.1 Å². The van der Waals surface area contributed by atoms with Crippen molar-refractivity contribution >= 4 is 11.4 Å². The van der Waals surface area contributed by atoms with Gasteiger partial charge in [0.15, 0.2) is 0 Å². The van der Waals surface area contributed by atoms with Crippen LogP contribution in [0.3, 0.4) is 0 Å². The van der Waals surface area contributed by atoms with Gasteiger partial charge in [0.1, 0.15) is 12.7 Å². The molecule has 22 heavy (non-hydrogen) atoms.